The number of carbonyl (C=O) groups is 1. The van der Waals surface area contributed by atoms with Gasteiger partial charge in [0.05, 0.1) is 17.6 Å². The molecule has 0 aromatic carbocycles. The number of rotatable bonds is 3. The summed E-state index contributed by atoms with van der Waals surface area (Å²) in [5.41, 5.74) is -0.636. The van der Waals surface area contributed by atoms with Gasteiger partial charge in [-0.15, -0.1) is 0 Å². The second-order valence-electron chi connectivity index (χ2n) is 10.2. The smallest absolute Gasteiger partial charge is 0.419 e. The number of likely N-dealkylation sites (tertiary alicyclic amines) is 1. The van der Waals surface area contributed by atoms with Crippen LogP contribution in [0.1, 0.15) is 53.0 Å². The molecule has 3 heterocycles. The highest BCUT2D eigenvalue weighted by Gasteiger charge is 2.37. The number of piperazine rings is 1. The Morgan fingerprint density at radius 3 is 2.06 bits per heavy atom. The molecular weight excluding hydrogens is 423 g/mol. The molecule has 0 spiro atoms. The van der Waals surface area contributed by atoms with Crippen LogP contribution >= 0.6 is 0 Å². The van der Waals surface area contributed by atoms with Crippen molar-refractivity contribution in [2.45, 2.75) is 71.8 Å². The van der Waals surface area contributed by atoms with Crippen LogP contribution in [0.15, 0.2) is 12.4 Å². The Kier molecular flexibility index (Phi) is 7.21. The van der Waals surface area contributed by atoms with Crippen molar-refractivity contribution in [1.82, 2.24) is 19.8 Å². The summed E-state index contributed by atoms with van der Waals surface area (Å²) < 4.78 is 44.1. The van der Waals surface area contributed by atoms with Gasteiger partial charge in [0, 0.05) is 45.1 Å². The number of piperidine rings is 1. The van der Waals surface area contributed by atoms with Crippen molar-refractivity contribution in [3.8, 4) is 0 Å². The normalized spacial score (nSPS) is 24.0. The van der Waals surface area contributed by atoms with Crippen LogP contribution in [0, 0.1) is 5.41 Å². The number of aromatic nitrogens is 2. The second-order valence-corrected chi connectivity index (χ2v) is 10.2. The maximum absolute atomic E-state index is 12.9. The standard InChI is InChI=1S/C22H34F3N5O2/c1-15-12-29(19-26-10-17(11-27-19)22(23,24)25)13-16(2)30(15)20(31)32-18-6-8-28(9-7-18)14-21(3,4)5/h10-11,15-16,18H,6-9,12-14H2,1-5H3/t15-,16-/m1/s1. The van der Waals surface area contributed by atoms with Crippen molar-refractivity contribution in [3.05, 3.63) is 18.0 Å². The lowest BCUT2D eigenvalue weighted by molar-refractivity contribution is -0.138. The van der Waals surface area contributed by atoms with Gasteiger partial charge >= 0.3 is 12.3 Å². The number of hydrogen-bond acceptors (Lipinski definition) is 6. The maximum Gasteiger partial charge on any atom is 0.419 e. The van der Waals surface area contributed by atoms with Gasteiger partial charge in [-0.1, -0.05) is 20.8 Å². The molecule has 2 aliphatic rings. The first-order valence-electron chi connectivity index (χ1n) is 11.2. The van der Waals surface area contributed by atoms with Gasteiger partial charge in [-0.2, -0.15) is 13.2 Å². The van der Waals surface area contributed by atoms with Crippen molar-refractivity contribution >= 4 is 12.0 Å². The summed E-state index contributed by atoms with van der Waals surface area (Å²) in [4.78, 5) is 26.6. The Morgan fingerprint density at radius 1 is 1.06 bits per heavy atom. The highest BCUT2D eigenvalue weighted by Crippen LogP contribution is 2.29. The van der Waals surface area contributed by atoms with E-state index in [4.69, 9.17) is 4.74 Å². The van der Waals surface area contributed by atoms with Crippen molar-refractivity contribution in [2.24, 2.45) is 5.41 Å². The number of nitrogens with zero attached hydrogens (tertiary/aromatic N) is 5. The van der Waals surface area contributed by atoms with Crippen LogP contribution < -0.4 is 4.90 Å². The number of alkyl halides is 3. The summed E-state index contributed by atoms with van der Waals surface area (Å²) in [6.07, 6.45) is -1.64. The van der Waals surface area contributed by atoms with Crippen LogP contribution in [0.4, 0.5) is 23.9 Å². The van der Waals surface area contributed by atoms with Crippen LogP contribution in [0.3, 0.4) is 0 Å². The number of hydrogen-bond donors (Lipinski definition) is 0. The lowest BCUT2D eigenvalue weighted by Crippen LogP contribution is -2.59. The van der Waals surface area contributed by atoms with E-state index in [1.165, 1.54) is 0 Å². The predicted octanol–water partition coefficient (Wildman–Crippen LogP) is 4.04. The highest BCUT2D eigenvalue weighted by atomic mass is 19.4. The molecule has 2 aliphatic heterocycles. The fourth-order valence-corrected chi connectivity index (χ4v) is 4.54. The SMILES string of the molecule is C[C@@H]1CN(c2ncc(C(F)(F)F)cn2)C[C@@H](C)N1C(=O)OC1CCN(CC(C)(C)C)CC1. The molecule has 3 rings (SSSR count). The lowest BCUT2D eigenvalue weighted by Gasteiger charge is -2.44. The number of anilines is 1. The molecule has 0 radical (unpaired) electrons. The summed E-state index contributed by atoms with van der Waals surface area (Å²) in [6, 6.07) is -0.365. The first-order valence-corrected chi connectivity index (χ1v) is 11.2. The van der Waals surface area contributed by atoms with E-state index in [0.717, 1.165) is 44.9 Å². The van der Waals surface area contributed by atoms with Gasteiger partial charge < -0.3 is 14.5 Å². The van der Waals surface area contributed by atoms with Crippen LogP contribution in [-0.2, 0) is 10.9 Å². The molecule has 0 aliphatic carbocycles. The average molecular weight is 458 g/mol. The zero-order valence-corrected chi connectivity index (χ0v) is 19.5. The third-order valence-corrected chi connectivity index (χ3v) is 5.88. The Bertz CT molecular complexity index is 761. The van der Waals surface area contributed by atoms with E-state index in [2.05, 4.69) is 35.6 Å². The molecule has 1 amide bonds. The van der Waals surface area contributed by atoms with Gasteiger partial charge in [-0.3, -0.25) is 4.90 Å². The molecule has 0 unspecified atom stereocenters. The van der Waals surface area contributed by atoms with E-state index >= 15 is 0 Å². The molecule has 32 heavy (non-hydrogen) atoms. The van der Waals surface area contributed by atoms with Crippen LogP contribution in [0.5, 0.6) is 0 Å². The molecule has 2 fully saturated rings. The average Bonchev–Trinajstić information content (AvgIpc) is 2.67. The molecule has 1 aromatic heterocycles. The quantitative estimate of drug-likeness (QED) is 0.683. The van der Waals surface area contributed by atoms with Crippen molar-refractivity contribution < 1.29 is 22.7 Å². The summed E-state index contributed by atoms with van der Waals surface area (Å²) in [7, 11) is 0. The Morgan fingerprint density at radius 2 is 1.59 bits per heavy atom. The van der Waals surface area contributed by atoms with Crippen molar-refractivity contribution in [2.75, 3.05) is 37.6 Å². The van der Waals surface area contributed by atoms with Crippen LogP contribution in [0.25, 0.3) is 0 Å². The molecule has 180 valence electrons. The van der Waals surface area contributed by atoms with Gasteiger partial charge in [-0.25, -0.2) is 14.8 Å². The highest BCUT2D eigenvalue weighted by molar-refractivity contribution is 5.69. The fourth-order valence-electron chi connectivity index (χ4n) is 4.54. The molecule has 10 heteroatoms. The number of ether oxygens (including phenoxy) is 1. The molecule has 0 saturated carbocycles. The molecule has 2 saturated heterocycles. The van der Waals surface area contributed by atoms with Crippen LogP contribution in [0.2, 0.25) is 0 Å². The fraction of sp³-hybridized carbons (Fsp3) is 0.773. The first-order chi connectivity index (χ1) is 14.8. The summed E-state index contributed by atoms with van der Waals surface area (Å²) in [6.45, 7) is 14.2. The third kappa shape index (κ3) is 6.24. The summed E-state index contributed by atoms with van der Waals surface area (Å²) in [5, 5.41) is 0. The minimum Gasteiger partial charge on any atom is -0.446 e. The third-order valence-electron chi connectivity index (χ3n) is 5.88. The van der Waals surface area contributed by atoms with E-state index in [1.807, 2.05) is 18.7 Å². The Labute approximate surface area is 187 Å². The van der Waals surface area contributed by atoms with Crippen molar-refractivity contribution in [3.63, 3.8) is 0 Å². The lowest BCUT2D eigenvalue weighted by atomic mass is 9.94. The van der Waals surface area contributed by atoms with Gasteiger partial charge in [0.25, 0.3) is 0 Å². The summed E-state index contributed by atoms with van der Waals surface area (Å²) in [5.74, 6) is 0.232. The van der Waals surface area contributed by atoms with Gasteiger partial charge in [0.15, 0.2) is 0 Å². The topological polar surface area (TPSA) is 61.8 Å². The molecular formula is C22H34F3N5O2. The van der Waals surface area contributed by atoms with Gasteiger partial charge in [-0.05, 0) is 32.1 Å². The molecule has 1 aromatic rings. The monoisotopic (exact) mass is 457 g/mol. The van der Waals surface area contributed by atoms with Gasteiger partial charge in [0.1, 0.15) is 6.10 Å². The largest absolute Gasteiger partial charge is 0.446 e. The molecule has 0 N–H and O–H groups in total. The minimum atomic E-state index is -4.47. The van der Waals surface area contributed by atoms with E-state index in [-0.39, 0.29) is 35.6 Å². The zero-order chi connectivity index (χ0) is 23.7. The molecule has 7 nitrogen and oxygen atoms in total. The summed E-state index contributed by atoms with van der Waals surface area (Å²) >= 11 is 0. The van der Waals surface area contributed by atoms with Crippen molar-refractivity contribution in [1.29, 1.82) is 0 Å². The molecule has 0 bridgehead atoms. The predicted molar refractivity (Wildman–Crippen MR) is 115 cm³/mol. The zero-order valence-electron chi connectivity index (χ0n) is 19.5. The number of amides is 1. The Hall–Kier alpha value is -2.10. The second kappa shape index (κ2) is 9.41. The number of carbonyl (C=O) groups excluding carboxylic acids is 1. The van der Waals surface area contributed by atoms with E-state index in [1.54, 1.807) is 4.90 Å². The Balaban J connectivity index is 1.54. The van der Waals surface area contributed by atoms with E-state index in [0.29, 0.717) is 13.1 Å². The number of halogens is 3. The van der Waals surface area contributed by atoms with E-state index in [9.17, 15) is 18.0 Å². The first kappa shape index (κ1) is 24.5. The minimum absolute atomic E-state index is 0.0885. The van der Waals surface area contributed by atoms with Gasteiger partial charge in [0.2, 0.25) is 5.95 Å². The van der Waals surface area contributed by atoms with Crippen LogP contribution in [-0.4, -0.2) is 76.8 Å². The van der Waals surface area contributed by atoms with E-state index < -0.39 is 11.7 Å². The molecule has 2 atom stereocenters. The maximum atomic E-state index is 12.9.